The average Bonchev–Trinajstić information content (AvgIpc) is 2.95. The molecule has 2 rings (SSSR count). The lowest BCUT2D eigenvalue weighted by Crippen LogP contribution is -2.35. The highest BCUT2D eigenvalue weighted by atomic mass is 32.2. The van der Waals surface area contributed by atoms with E-state index in [4.69, 9.17) is 15.9 Å². The lowest BCUT2D eigenvalue weighted by Gasteiger charge is -2.14. The molecule has 0 saturated heterocycles. The highest BCUT2D eigenvalue weighted by Gasteiger charge is 2.30. The van der Waals surface area contributed by atoms with Gasteiger partial charge in [0.15, 0.2) is 21.4 Å². The van der Waals surface area contributed by atoms with E-state index in [0.717, 1.165) is 5.56 Å². The molecule has 11 nitrogen and oxygen atoms in total. The molecule has 0 aliphatic carbocycles. The molecule has 13 heteroatoms. The van der Waals surface area contributed by atoms with E-state index in [1.807, 2.05) is 6.92 Å². The number of benzene rings is 2. The van der Waals surface area contributed by atoms with Crippen molar-refractivity contribution in [3.8, 4) is 12.3 Å². The minimum atomic E-state index is -4.72. The predicted octanol–water partition coefficient (Wildman–Crippen LogP) is 2.43. The van der Waals surface area contributed by atoms with Crippen LogP contribution >= 0.6 is 0 Å². The van der Waals surface area contributed by atoms with Crippen molar-refractivity contribution < 1.29 is 45.2 Å². The lowest BCUT2D eigenvalue weighted by atomic mass is 10.1. The van der Waals surface area contributed by atoms with Gasteiger partial charge in [-0.2, -0.15) is 8.42 Å². The number of rotatable bonds is 19. The summed E-state index contributed by atoms with van der Waals surface area (Å²) in [6.45, 7) is 2.44. The highest BCUT2D eigenvalue weighted by Crippen LogP contribution is 2.16. The van der Waals surface area contributed by atoms with E-state index >= 15 is 0 Å². The van der Waals surface area contributed by atoms with E-state index in [9.17, 15) is 35.8 Å². The van der Waals surface area contributed by atoms with E-state index in [0.29, 0.717) is 0 Å². The number of carbonyl (C=O) groups is 3. The monoisotopic (exact) mass is 621 g/mol. The van der Waals surface area contributed by atoms with Gasteiger partial charge in [0.05, 0.1) is 23.9 Å². The second-order valence-corrected chi connectivity index (χ2v) is 13.1. The molecule has 0 fully saturated rings. The van der Waals surface area contributed by atoms with Crippen molar-refractivity contribution in [3.63, 3.8) is 0 Å². The molecule has 0 bridgehead atoms. The van der Waals surface area contributed by atoms with Gasteiger partial charge in [-0.3, -0.25) is 18.9 Å². The number of ether oxygens (including phenoxy) is 2. The first-order valence-electron chi connectivity index (χ1n) is 13.1. The molecule has 0 saturated carbocycles. The van der Waals surface area contributed by atoms with Crippen molar-refractivity contribution in [1.29, 1.82) is 0 Å². The zero-order chi connectivity index (χ0) is 31.2. The zero-order valence-corrected chi connectivity index (χ0v) is 24.9. The molecule has 0 aromatic heterocycles. The van der Waals surface area contributed by atoms with Crippen LogP contribution in [0.2, 0.25) is 0 Å². The summed E-state index contributed by atoms with van der Waals surface area (Å²) in [5.74, 6) is 0.0791. The first-order valence-corrected chi connectivity index (χ1v) is 16.3. The van der Waals surface area contributed by atoms with E-state index in [1.54, 1.807) is 12.1 Å². The Kier molecular flexibility index (Phi) is 14.0. The van der Waals surface area contributed by atoms with E-state index in [1.165, 1.54) is 36.4 Å². The molecule has 42 heavy (non-hydrogen) atoms. The molecule has 228 valence electrons. The molecule has 1 atom stereocenters. The first kappa shape index (κ1) is 34.8. The van der Waals surface area contributed by atoms with Crippen LogP contribution in [0.15, 0.2) is 53.4 Å². The van der Waals surface area contributed by atoms with E-state index in [-0.39, 0.29) is 74.7 Å². The smallest absolute Gasteiger partial charge is 0.275 e. The third kappa shape index (κ3) is 11.8. The summed E-state index contributed by atoms with van der Waals surface area (Å²) in [6.07, 6.45) is 4.46. The summed E-state index contributed by atoms with van der Waals surface area (Å²) in [4.78, 5) is 37.9. The minimum absolute atomic E-state index is 0.0837. The predicted molar refractivity (Wildman–Crippen MR) is 156 cm³/mol. The maximum Gasteiger partial charge on any atom is 0.275 e. The Balaban J connectivity index is 1.87. The van der Waals surface area contributed by atoms with Crippen molar-refractivity contribution in [2.24, 2.45) is 0 Å². The van der Waals surface area contributed by atoms with Gasteiger partial charge in [0, 0.05) is 37.1 Å². The van der Waals surface area contributed by atoms with E-state index < -0.39 is 48.4 Å². The Morgan fingerprint density at radius 3 is 2.29 bits per heavy atom. The molecule has 2 N–H and O–H groups in total. The van der Waals surface area contributed by atoms with Gasteiger partial charge in [-0.25, -0.2) is 8.42 Å². The van der Waals surface area contributed by atoms with Crippen LogP contribution in [0.25, 0.3) is 0 Å². The van der Waals surface area contributed by atoms with Gasteiger partial charge in [-0.1, -0.05) is 35.7 Å². The van der Waals surface area contributed by atoms with Crippen molar-refractivity contribution in [2.45, 2.75) is 42.8 Å². The van der Waals surface area contributed by atoms with Crippen LogP contribution in [-0.4, -0.2) is 82.8 Å². The van der Waals surface area contributed by atoms with Crippen molar-refractivity contribution >= 4 is 37.4 Å². The molecule has 1 amide bonds. The van der Waals surface area contributed by atoms with Gasteiger partial charge in [-0.05, 0) is 44.0 Å². The summed E-state index contributed by atoms with van der Waals surface area (Å²) in [6, 6.07) is 12.0. The standard InChI is InChI=1S/C29H35NO10S2/c1-3-16-39-18-19-40-17-5-8-27(32)28(42(36,37)38)13-15-30-29(33)24-7-4-6-23(21-24)26(31)14-20-41(34,35)25-11-9-22(2)10-12-25/h1,4,6-7,9-12,21,28H,5,8,13-20H2,2H3,(H,30,33)(H,36,37,38). The Morgan fingerprint density at radius 1 is 0.952 bits per heavy atom. The molecule has 0 heterocycles. The first-order chi connectivity index (χ1) is 19.8. The topological polar surface area (TPSA) is 170 Å². The SMILES string of the molecule is C#CCOCCOCCCC(=O)C(CCNC(=O)c1cccc(C(=O)CCS(=O)(=O)c2ccc(C)cc2)c1)S(=O)(=O)O. The van der Waals surface area contributed by atoms with Crippen LogP contribution in [0.1, 0.15) is 52.0 Å². The summed E-state index contributed by atoms with van der Waals surface area (Å²) in [7, 11) is -8.39. The summed E-state index contributed by atoms with van der Waals surface area (Å²) in [5, 5.41) is 0.757. The minimum Gasteiger partial charge on any atom is -0.379 e. The van der Waals surface area contributed by atoms with Crippen molar-refractivity contribution in [1.82, 2.24) is 5.32 Å². The number of sulfone groups is 1. The largest absolute Gasteiger partial charge is 0.379 e. The third-order valence-electron chi connectivity index (χ3n) is 6.10. The molecule has 2 aromatic carbocycles. The molecule has 2 aromatic rings. The molecule has 0 spiro atoms. The van der Waals surface area contributed by atoms with Crippen LogP contribution in [0.4, 0.5) is 0 Å². The summed E-state index contributed by atoms with van der Waals surface area (Å²) < 4.78 is 68.5. The average molecular weight is 622 g/mol. The van der Waals surface area contributed by atoms with Crippen molar-refractivity contribution in [3.05, 3.63) is 65.2 Å². The van der Waals surface area contributed by atoms with Crippen LogP contribution < -0.4 is 5.32 Å². The molecular formula is C29H35NO10S2. The number of terminal acetylenes is 1. The number of Topliss-reactive ketones (excluding diaryl/α,β-unsaturated/α-hetero) is 2. The maximum atomic E-state index is 12.7. The van der Waals surface area contributed by atoms with Crippen LogP contribution in [0.5, 0.6) is 0 Å². The third-order valence-corrected chi connectivity index (χ3v) is 9.05. The number of carbonyl (C=O) groups excluding carboxylic acids is 3. The van der Waals surface area contributed by atoms with Gasteiger partial charge < -0.3 is 14.8 Å². The fourth-order valence-corrected chi connectivity index (χ4v) is 5.93. The second-order valence-electron chi connectivity index (χ2n) is 9.37. The number of nitrogens with one attached hydrogen (secondary N) is 1. The van der Waals surface area contributed by atoms with Gasteiger partial charge in [-0.15, -0.1) is 6.42 Å². The quantitative estimate of drug-likeness (QED) is 0.103. The fraction of sp³-hybridized carbons (Fsp3) is 0.414. The van der Waals surface area contributed by atoms with Gasteiger partial charge in [0.25, 0.3) is 16.0 Å². The zero-order valence-electron chi connectivity index (χ0n) is 23.3. The summed E-state index contributed by atoms with van der Waals surface area (Å²) in [5.41, 5.74) is 1.12. The highest BCUT2D eigenvalue weighted by molar-refractivity contribution is 7.91. The molecule has 1 unspecified atom stereocenters. The van der Waals surface area contributed by atoms with Crippen LogP contribution in [0, 0.1) is 19.3 Å². The molecular weight excluding hydrogens is 586 g/mol. The summed E-state index contributed by atoms with van der Waals surface area (Å²) >= 11 is 0. The molecule has 0 radical (unpaired) electrons. The second kappa shape index (κ2) is 16.9. The lowest BCUT2D eigenvalue weighted by molar-refractivity contribution is -0.119. The number of amides is 1. The number of hydrogen-bond donors (Lipinski definition) is 2. The van der Waals surface area contributed by atoms with Gasteiger partial charge in [0.1, 0.15) is 11.9 Å². The van der Waals surface area contributed by atoms with Crippen LogP contribution in [0.3, 0.4) is 0 Å². The molecule has 0 aliphatic rings. The maximum absolute atomic E-state index is 12.7. The Labute approximate surface area is 246 Å². The van der Waals surface area contributed by atoms with E-state index in [2.05, 4.69) is 11.2 Å². The Hall–Kier alpha value is -3.41. The number of hydrogen-bond acceptors (Lipinski definition) is 9. The van der Waals surface area contributed by atoms with Crippen molar-refractivity contribution in [2.75, 3.05) is 38.7 Å². The normalized spacial score (nSPS) is 12.3. The van der Waals surface area contributed by atoms with Gasteiger partial charge >= 0.3 is 0 Å². The Bertz CT molecular complexity index is 1480. The number of aryl methyl sites for hydroxylation is 1. The number of ketones is 2. The fourth-order valence-electron chi connectivity index (χ4n) is 3.82. The van der Waals surface area contributed by atoms with Gasteiger partial charge in [0.2, 0.25) is 0 Å². The van der Waals surface area contributed by atoms with Crippen LogP contribution in [-0.2, 0) is 34.2 Å². The molecule has 0 aliphatic heterocycles. The Morgan fingerprint density at radius 2 is 1.62 bits per heavy atom.